The van der Waals surface area contributed by atoms with E-state index in [1.165, 1.54) is 6.07 Å². The van der Waals surface area contributed by atoms with Crippen LogP contribution < -0.4 is 5.56 Å². The van der Waals surface area contributed by atoms with Gasteiger partial charge < -0.3 is 14.7 Å². The van der Waals surface area contributed by atoms with E-state index in [0.29, 0.717) is 21.6 Å². The van der Waals surface area contributed by atoms with E-state index in [4.69, 9.17) is 11.6 Å². The molecular weight excluding hydrogens is 292 g/mol. The Hall–Kier alpha value is -2.53. The molecule has 3 rings (SSSR count). The fourth-order valence-corrected chi connectivity index (χ4v) is 2.46. The molecule has 2 N–H and O–H groups in total. The van der Waals surface area contributed by atoms with Gasteiger partial charge in [-0.2, -0.15) is 0 Å². The van der Waals surface area contributed by atoms with Crippen molar-refractivity contribution in [2.75, 3.05) is 0 Å². The maximum Gasteiger partial charge on any atom is 0.263 e. The van der Waals surface area contributed by atoms with Crippen LogP contribution in [-0.4, -0.2) is 20.4 Å². The third-order valence-electron chi connectivity index (χ3n) is 3.35. The summed E-state index contributed by atoms with van der Waals surface area (Å²) in [6.07, 6.45) is 1.69. The Morgan fingerprint density at radius 3 is 2.76 bits per heavy atom. The van der Waals surface area contributed by atoms with E-state index in [0.717, 1.165) is 0 Å². The molecule has 2 heterocycles. The van der Waals surface area contributed by atoms with Gasteiger partial charge in [0.2, 0.25) is 5.78 Å². The number of carbonyl (C=O) groups excluding carboxylic acids is 1. The van der Waals surface area contributed by atoms with Crippen LogP contribution in [0.2, 0.25) is 5.02 Å². The quantitative estimate of drug-likeness (QED) is 0.714. The molecule has 0 spiro atoms. The van der Waals surface area contributed by atoms with Gasteiger partial charge in [0.05, 0.1) is 11.2 Å². The van der Waals surface area contributed by atoms with E-state index in [-0.39, 0.29) is 11.3 Å². The summed E-state index contributed by atoms with van der Waals surface area (Å²) in [5.41, 5.74) is -0.178. The maximum atomic E-state index is 12.5. The summed E-state index contributed by atoms with van der Waals surface area (Å²) < 4.78 is 1.59. The minimum Gasteiger partial charge on any atom is -0.506 e. The molecule has 0 saturated heterocycles. The Kier molecular flexibility index (Phi) is 3.07. The molecule has 0 aliphatic rings. The summed E-state index contributed by atoms with van der Waals surface area (Å²) in [5.74, 6) is -0.898. The number of nitrogens with zero attached hydrogens (tertiary/aromatic N) is 1. The third-order valence-corrected chi connectivity index (χ3v) is 3.59. The van der Waals surface area contributed by atoms with E-state index in [1.54, 1.807) is 42.1 Å². The summed E-state index contributed by atoms with van der Waals surface area (Å²) in [7, 11) is 1.69. The molecule has 1 aromatic carbocycles. The van der Waals surface area contributed by atoms with Gasteiger partial charge in [-0.3, -0.25) is 9.59 Å². The number of carbonyl (C=O) groups is 1. The third kappa shape index (κ3) is 2.11. The van der Waals surface area contributed by atoms with Gasteiger partial charge in [0.15, 0.2) is 0 Å². The Morgan fingerprint density at radius 1 is 1.33 bits per heavy atom. The number of aryl methyl sites for hydroxylation is 1. The zero-order chi connectivity index (χ0) is 15.1. The molecule has 0 aliphatic carbocycles. The minimum atomic E-state index is -0.631. The van der Waals surface area contributed by atoms with Crippen molar-refractivity contribution in [1.29, 1.82) is 0 Å². The first kappa shape index (κ1) is 13.5. The summed E-state index contributed by atoms with van der Waals surface area (Å²) in [5, 5.41) is 11.0. The molecule has 0 amide bonds. The van der Waals surface area contributed by atoms with Crippen LogP contribution in [0.1, 0.15) is 16.1 Å². The van der Waals surface area contributed by atoms with Crippen molar-refractivity contribution in [3.8, 4) is 5.75 Å². The van der Waals surface area contributed by atoms with Crippen LogP contribution in [0, 0.1) is 0 Å². The monoisotopic (exact) mass is 302 g/mol. The molecule has 0 bridgehead atoms. The summed E-state index contributed by atoms with van der Waals surface area (Å²) >= 11 is 5.89. The number of ketones is 1. The largest absolute Gasteiger partial charge is 0.506 e. The van der Waals surface area contributed by atoms with E-state index in [1.807, 2.05) is 0 Å². The van der Waals surface area contributed by atoms with Gasteiger partial charge in [-0.15, -0.1) is 0 Å². The molecule has 6 heteroatoms. The number of aromatic hydroxyl groups is 1. The van der Waals surface area contributed by atoms with Gasteiger partial charge in [0, 0.05) is 23.7 Å². The first-order chi connectivity index (χ1) is 9.99. The molecule has 0 fully saturated rings. The first-order valence-electron chi connectivity index (χ1n) is 6.19. The molecule has 0 saturated carbocycles. The van der Waals surface area contributed by atoms with Gasteiger partial charge in [-0.1, -0.05) is 11.6 Å². The number of H-pyrrole nitrogens is 1. The first-order valence-corrected chi connectivity index (χ1v) is 6.57. The van der Waals surface area contributed by atoms with Crippen molar-refractivity contribution in [3.63, 3.8) is 0 Å². The number of halogens is 1. The Labute approximate surface area is 124 Å². The van der Waals surface area contributed by atoms with Gasteiger partial charge >= 0.3 is 0 Å². The van der Waals surface area contributed by atoms with Gasteiger partial charge in [0.25, 0.3) is 5.56 Å². The van der Waals surface area contributed by atoms with Crippen molar-refractivity contribution in [2.24, 2.45) is 7.05 Å². The van der Waals surface area contributed by atoms with Crippen LogP contribution in [0.15, 0.2) is 41.3 Å². The van der Waals surface area contributed by atoms with Crippen molar-refractivity contribution in [1.82, 2.24) is 9.55 Å². The average molecular weight is 303 g/mol. The van der Waals surface area contributed by atoms with Crippen LogP contribution in [0.25, 0.3) is 10.9 Å². The standard InChI is InChI=1S/C15H11ClN2O3/c1-18-6-2-3-11(18)14(20)12-13(19)9-7-8(16)4-5-10(9)17-15(12)21/h2-7H,1H3,(H2,17,19,21). The minimum absolute atomic E-state index is 0.286. The predicted octanol–water partition coefficient (Wildman–Crippen LogP) is 2.46. The van der Waals surface area contributed by atoms with E-state index >= 15 is 0 Å². The Morgan fingerprint density at radius 2 is 2.10 bits per heavy atom. The van der Waals surface area contributed by atoms with Crippen molar-refractivity contribution >= 4 is 28.3 Å². The van der Waals surface area contributed by atoms with Gasteiger partial charge in [-0.05, 0) is 30.3 Å². The molecule has 0 aliphatic heterocycles. The zero-order valence-electron chi connectivity index (χ0n) is 11.1. The second kappa shape index (κ2) is 4.79. The lowest BCUT2D eigenvalue weighted by molar-refractivity contribution is 0.102. The van der Waals surface area contributed by atoms with Gasteiger partial charge in [-0.25, -0.2) is 0 Å². The number of hydrogen-bond donors (Lipinski definition) is 2. The number of nitrogens with one attached hydrogen (secondary N) is 1. The maximum absolute atomic E-state index is 12.5. The molecule has 3 aromatic rings. The van der Waals surface area contributed by atoms with Crippen LogP contribution in [-0.2, 0) is 7.05 Å². The highest BCUT2D eigenvalue weighted by Crippen LogP contribution is 2.28. The molecule has 0 atom stereocenters. The van der Waals surface area contributed by atoms with Crippen LogP contribution in [0.4, 0.5) is 0 Å². The highest BCUT2D eigenvalue weighted by atomic mass is 35.5. The van der Waals surface area contributed by atoms with Crippen LogP contribution in [0.3, 0.4) is 0 Å². The second-order valence-corrected chi connectivity index (χ2v) is 5.14. The SMILES string of the molecule is Cn1cccc1C(=O)c1c(O)c2cc(Cl)ccc2[nH]c1=O. The smallest absolute Gasteiger partial charge is 0.263 e. The number of fused-ring (bicyclic) bond motifs is 1. The highest BCUT2D eigenvalue weighted by molar-refractivity contribution is 6.31. The van der Waals surface area contributed by atoms with Gasteiger partial charge in [0.1, 0.15) is 11.3 Å². The van der Waals surface area contributed by atoms with Crippen molar-refractivity contribution < 1.29 is 9.90 Å². The highest BCUT2D eigenvalue weighted by Gasteiger charge is 2.22. The number of benzene rings is 1. The lowest BCUT2D eigenvalue weighted by atomic mass is 10.1. The summed E-state index contributed by atoms with van der Waals surface area (Å²) in [6.45, 7) is 0. The fraction of sp³-hybridized carbons (Fsp3) is 0.0667. The van der Waals surface area contributed by atoms with E-state index in [2.05, 4.69) is 4.98 Å². The fourth-order valence-electron chi connectivity index (χ4n) is 2.28. The summed E-state index contributed by atoms with van der Waals surface area (Å²) in [6, 6.07) is 7.96. The molecule has 5 nitrogen and oxygen atoms in total. The normalized spacial score (nSPS) is 11.0. The van der Waals surface area contributed by atoms with Crippen LogP contribution >= 0.6 is 11.6 Å². The zero-order valence-corrected chi connectivity index (χ0v) is 11.8. The molecular formula is C15H11ClN2O3. The van der Waals surface area contributed by atoms with Crippen molar-refractivity contribution in [2.45, 2.75) is 0 Å². The molecule has 21 heavy (non-hydrogen) atoms. The van der Waals surface area contributed by atoms with Crippen LogP contribution in [0.5, 0.6) is 5.75 Å². The lowest BCUT2D eigenvalue weighted by Gasteiger charge is -2.07. The summed E-state index contributed by atoms with van der Waals surface area (Å²) in [4.78, 5) is 27.2. The second-order valence-electron chi connectivity index (χ2n) is 4.70. The number of aromatic nitrogens is 2. The number of hydrogen-bond acceptors (Lipinski definition) is 3. The number of aromatic amines is 1. The molecule has 106 valence electrons. The molecule has 0 radical (unpaired) electrons. The predicted molar refractivity (Wildman–Crippen MR) is 80.1 cm³/mol. The number of pyridine rings is 1. The average Bonchev–Trinajstić information content (AvgIpc) is 2.86. The number of rotatable bonds is 2. The topological polar surface area (TPSA) is 75.1 Å². The lowest BCUT2D eigenvalue weighted by Crippen LogP contribution is -2.20. The van der Waals surface area contributed by atoms with E-state index in [9.17, 15) is 14.7 Å². The van der Waals surface area contributed by atoms with E-state index < -0.39 is 11.3 Å². The Balaban J connectivity index is 2.30. The van der Waals surface area contributed by atoms with Crippen molar-refractivity contribution in [3.05, 3.63) is 63.2 Å². The Bertz CT molecular complexity index is 924. The molecule has 0 unspecified atom stereocenters. The molecule has 2 aromatic heterocycles.